The molecule has 3 heteroatoms. The van der Waals surface area contributed by atoms with Gasteiger partial charge in [0, 0.05) is 45.4 Å². The molecule has 0 radical (unpaired) electrons. The van der Waals surface area contributed by atoms with E-state index in [1.165, 1.54) is 38.1 Å². The van der Waals surface area contributed by atoms with Crippen molar-refractivity contribution in [2.45, 2.75) is 13.8 Å². The molecule has 0 fully saturated rings. The molecule has 1 aliphatic carbocycles. The minimum atomic E-state index is -0.184. The summed E-state index contributed by atoms with van der Waals surface area (Å²) in [6.45, 7) is 7.91. The lowest BCUT2D eigenvalue weighted by Crippen LogP contribution is -2.10. The van der Waals surface area contributed by atoms with Crippen LogP contribution in [0, 0.1) is 10.8 Å². The Morgan fingerprint density at radius 1 is 0.732 bits per heavy atom. The molecule has 0 bridgehead atoms. The Bertz CT molecular complexity index is 1960. The number of benzene rings is 5. The number of rotatable bonds is 4. The standard InChI is InChI=1S/C25H22N2.C13H11N/c1-25(2)15-14-22(24(25)27-3)23(26)19-11-6-10-18(16-19)21-13-7-9-17-8-4-5-12-20(17)21;1-14-12-8-4-2-6-10(12)11-7-3-5-9-13(11)14/h4-16,26H,3H2,1-2H3;2-9H,1H3. The first kappa shape index (κ1) is 26.2. The Morgan fingerprint density at radius 3 is 2.00 bits per heavy atom. The topological polar surface area (TPSA) is 41.1 Å². The number of allylic oxidation sites excluding steroid dienone is 3. The van der Waals surface area contributed by atoms with Gasteiger partial charge in [-0.2, -0.15) is 0 Å². The van der Waals surface area contributed by atoms with E-state index < -0.39 is 0 Å². The number of fused-ring (bicyclic) bond motifs is 4. The third kappa shape index (κ3) is 4.70. The van der Waals surface area contributed by atoms with Crippen molar-refractivity contribution in [3.05, 3.63) is 144 Å². The zero-order valence-electron chi connectivity index (χ0n) is 23.7. The van der Waals surface area contributed by atoms with Crippen LogP contribution in [-0.2, 0) is 7.05 Å². The van der Waals surface area contributed by atoms with Crippen LogP contribution in [0.4, 0.5) is 0 Å². The maximum absolute atomic E-state index is 8.76. The van der Waals surface area contributed by atoms with E-state index >= 15 is 0 Å². The highest BCUT2D eigenvalue weighted by Gasteiger charge is 2.29. The van der Waals surface area contributed by atoms with Gasteiger partial charge in [0.05, 0.1) is 11.4 Å². The Labute approximate surface area is 241 Å². The summed E-state index contributed by atoms with van der Waals surface area (Å²) >= 11 is 0. The number of nitrogens with one attached hydrogen (secondary N) is 1. The molecular weight excluding hydrogens is 498 g/mol. The summed E-state index contributed by atoms with van der Waals surface area (Å²) in [5.41, 5.74) is 7.80. The summed E-state index contributed by atoms with van der Waals surface area (Å²) < 4.78 is 2.24. The molecule has 0 aliphatic heterocycles. The van der Waals surface area contributed by atoms with E-state index in [1.54, 1.807) is 0 Å². The molecule has 0 unspecified atom stereocenters. The molecule has 200 valence electrons. The van der Waals surface area contributed by atoms with Crippen molar-refractivity contribution in [3.8, 4) is 11.1 Å². The lowest BCUT2D eigenvalue weighted by atomic mass is 9.90. The van der Waals surface area contributed by atoms with Gasteiger partial charge in [-0.15, -0.1) is 0 Å². The van der Waals surface area contributed by atoms with Crippen LogP contribution in [0.15, 0.2) is 144 Å². The minimum absolute atomic E-state index is 0.184. The lowest BCUT2D eigenvalue weighted by Gasteiger charge is -2.18. The highest BCUT2D eigenvalue weighted by atomic mass is 14.9. The van der Waals surface area contributed by atoms with Crippen LogP contribution >= 0.6 is 0 Å². The van der Waals surface area contributed by atoms with Crippen LogP contribution in [0.3, 0.4) is 0 Å². The predicted molar refractivity (Wildman–Crippen MR) is 176 cm³/mol. The second kappa shape index (κ2) is 10.5. The van der Waals surface area contributed by atoms with E-state index in [0.29, 0.717) is 5.71 Å². The average molecular weight is 532 g/mol. The van der Waals surface area contributed by atoms with Gasteiger partial charge in [-0.05, 0) is 46.8 Å². The van der Waals surface area contributed by atoms with Crippen LogP contribution < -0.4 is 0 Å². The fraction of sp³-hybridized carbons (Fsp3) is 0.105. The number of hydrogen-bond acceptors (Lipinski definition) is 2. The minimum Gasteiger partial charge on any atom is -0.344 e. The molecule has 0 amide bonds. The van der Waals surface area contributed by atoms with Crippen LogP contribution in [0.2, 0.25) is 0 Å². The number of hydrogen-bond donors (Lipinski definition) is 1. The summed E-state index contributed by atoms with van der Waals surface area (Å²) in [5.74, 6) is 0. The number of para-hydroxylation sites is 2. The van der Waals surface area contributed by atoms with Gasteiger partial charge < -0.3 is 4.57 Å². The van der Waals surface area contributed by atoms with E-state index in [0.717, 1.165) is 22.4 Å². The van der Waals surface area contributed by atoms with Gasteiger partial charge >= 0.3 is 0 Å². The molecule has 0 spiro atoms. The third-order valence-electron chi connectivity index (χ3n) is 8.03. The number of aliphatic imine (C=N–C) groups is 1. The maximum atomic E-state index is 8.76. The summed E-state index contributed by atoms with van der Waals surface area (Å²) in [4.78, 5) is 4.22. The Kier molecular flexibility index (Phi) is 6.72. The van der Waals surface area contributed by atoms with E-state index in [9.17, 15) is 0 Å². The first-order chi connectivity index (χ1) is 19.9. The largest absolute Gasteiger partial charge is 0.344 e. The van der Waals surface area contributed by atoms with Gasteiger partial charge in [0.15, 0.2) is 0 Å². The molecule has 1 aliphatic rings. The fourth-order valence-corrected chi connectivity index (χ4v) is 5.88. The monoisotopic (exact) mass is 531 g/mol. The van der Waals surface area contributed by atoms with Gasteiger partial charge in [0.1, 0.15) is 0 Å². The molecule has 1 N–H and O–H groups in total. The van der Waals surface area contributed by atoms with Crippen molar-refractivity contribution in [1.29, 1.82) is 5.41 Å². The molecule has 1 aromatic heterocycles. The lowest BCUT2D eigenvalue weighted by molar-refractivity contribution is 0.584. The highest BCUT2D eigenvalue weighted by molar-refractivity contribution is 6.14. The molecule has 41 heavy (non-hydrogen) atoms. The van der Waals surface area contributed by atoms with Crippen LogP contribution in [0.5, 0.6) is 0 Å². The number of aryl methyl sites for hydroxylation is 1. The number of nitrogens with zero attached hydrogens (tertiary/aromatic N) is 2. The molecule has 5 aromatic carbocycles. The van der Waals surface area contributed by atoms with Gasteiger partial charge in [-0.25, -0.2) is 0 Å². The SMILES string of the molecule is C=NC1=C(C(=N)c2cccc(-c3cccc4ccccc34)c2)C=CC1(C)C.Cn1c2ccccc2c2ccccc21. The molecule has 6 aromatic rings. The normalized spacial score (nSPS) is 13.9. The Balaban J connectivity index is 0.000000180. The summed E-state index contributed by atoms with van der Waals surface area (Å²) in [6.07, 6.45) is 4.09. The quantitative estimate of drug-likeness (QED) is 0.220. The predicted octanol–water partition coefficient (Wildman–Crippen LogP) is 9.76. The summed E-state index contributed by atoms with van der Waals surface area (Å²) in [5, 5.41) is 13.9. The van der Waals surface area contributed by atoms with Crippen molar-refractivity contribution in [3.63, 3.8) is 0 Å². The van der Waals surface area contributed by atoms with Crippen LogP contribution in [0.25, 0.3) is 43.7 Å². The van der Waals surface area contributed by atoms with Crippen molar-refractivity contribution < 1.29 is 0 Å². The van der Waals surface area contributed by atoms with Gasteiger partial charge in [0.25, 0.3) is 0 Å². The fourth-order valence-electron chi connectivity index (χ4n) is 5.88. The zero-order valence-corrected chi connectivity index (χ0v) is 23.7. The average Bonchev–Trinajstić information content (AvgIpc) is 3.49. The third-order valence-corrected chi connectivity index (χ3v) is 8.03. The first-order valence-corrected chi connectivity index (χ1v) is 13.9. The molecule has 0 saturated heterocycles. The molecular formula is C38H33N3. The Morgan fingerprint density at radius 2 is 1.32 bits per heavy atom. The van der Waals surface area contributed by atoms with Gasteiger partial charge in [0.2, 0.25) is 0 Å². The number of aromatic nitrogens is 1. The maximum Gasteiger partial charge on any atom is 0.0703 e. The first-order valence-electron chi connectivity index (χ1n) is 13.9. The van der Waals surface area contributed by atoms with E-state index in [1.807, 2.05) is 18.2 Å². The highest BCUT2D eigenvalue weighted by Crippen LogP contribution is 2.39. The van der Waals surface area contributed by atoms with Crippen LogP contribution in [-0.4, -0.2) is 17.0 Å². The smallest absolute Gasteiger partial charge is 0.0703 e. The van der Waals surface area contributed by atoms with E-state index in [2.05, 4.69) is 146 Å². The second-order valence-corrected chi connectivity index (χ2v) is 11.1. The summed E-state index contributed by atoms with van der Waals surface area (Å²) in [7, 11) is 2.12. The molecule has 0 saturated carbocycles. The van der Waals surface area contributed by atoms with Crippen LogP contribution in [0.1, 0.15) is 19.4 Å². The van der Waals surface area contributed by atoms with Crippen molar-refractivity contribution in [2.24, 2.45) is 17.5 Å². The zero-order chi connectivity index (χ0) is 28.6. The van der Waals surface area contributed by atoms with Crippen molar-refractivity contribution >= 4 is 45.0 Å². The molecule has 1 heterocycles. The molecule has 7 rings (SSSR count). The van der Waals surface area contributed by atoms with E-state index in [-0.39, 0.29) is 5.41 Å². The van der Waals surface area contributed by atoms with Gasteiger partial charge in [-0.1, -0.05) is 123 Å². The summed E-state index contributed by atoms with van der Waals surface area (Å²) in [6, 6.07) is 40.0. The van der Waals surface area contributed by atoms with Gasteiger partial charge in [-0.3, -0.25) is 10.4 Å². The second-order valence-electron chi connectivity index (χ2n) is 11.1. The van der Waals surface area contributed by atoms with Crippen molar-refractivity contribution in [1.82, 2.24) is 4.57 Å². The Hall–Kier alpha value is -5.02. The molecule has 3 nitrogen and oxygen atoms in total. The van der Waals surface area contributed by atoms with E-state index in [4.69, 9.17) is 5.41 Å². The molecule has 0 atom stereocenters. The van der Waals surface area contributed by atoms with Crippen molar-refractivity contribution in [2.75, 3.05) is 0 Å².